The molecule has 4 nitrogen and oxygen atoms in total. The van der Waals surface area contributed by atoms with Gasteiger partial charge in [-0.25, -0.2) is 4.79 Å². The SMILES string of the molecule is CC(C)Cc1ccc(C(OCCO)C(=O)O)cc1. The Morgan fingerprint density at radius 3 is 2.33 bits per heavy atom. The zero-order valence-corrected chi connectivity index (χ0v) is 10.8. The molecule has 1 aromatic carbocycles. The second kappa shape index (κ2) is 7.13. The van der Waals surface area contributed by atoms with E-state index < -0.39 is 12.1 Å². The van der Waals surface area contributed by atoms with Crippen molar-refractivity contribution >= 4 is 5.97 Å². The average Bonchev–Trinajstić information content (AvgIpc) is 2.30. The zero-order valence-electron chi connectivity index (χ0n) is 10.8. The highest BCUT2D eigenvalue weighted by Crippen LogP contribution is 2.19. The van der Waals surface area contributed by atoms with Gasteiger partial charge in [-0.3, -0.25) is 0 Å². The van der Waals surface area contributed by atoms with Gasteiger partial charge in [0.05, 0.1) is 13.2 Å². The van der Waals surface area contributed by atoms with E-state index in [2.05, 4.69) is 13.8 Å². The summed E-state index contributed by atoms with van der Waals surface area (Å²) in [6.07, 6.45) is -0.0413. The third-order valence-electron chi connectivity index (χ3n) is 2.53. The van der Waals surface area contributed by atoms with Crippen LogP contribution in [-0.2, 0) is 16.0 Å². The van der Waals surface area contributed by atoms with E-state index in [0.29, 0.717) is 11.5 Å². The normalized spacial score (nSPS) is 12.7. The molecule has 100 valence electrons. The first kappa shape index (κ1) is 14.7. The van der Waals surface area contributed by atoms with Crippen LogP contribution in [0.3, 0.4) is 0 Å². The van der Waals surface area contributed by atoms with Gasteiger partial charge in [0.1, 0.15) is 0 Å². The molecule has 4 heteroatoms. The van der Waals surface area contributed by atoms with Crippen LogP contribution in [-0.4, -0.2) is 29.4 Å². The minimum atomic E-state index is -1.04. The maximum absolute atomic E-state index is 11.1. The number of benzene rings is 1. The van der Waals surface area contributed by atoms with E-state index in [4.69, 9.17) is 14.9 Å². The minimum Gasteiger partial charge on any atom is -0.479 e. The first-order valence-electron chi connectivity index (χ1n) is 6.08. The van der Waals surface area contributed by atoms with Gasteiger partial charge in [-0.2, -0.15) is 0 Å². The van der Waals surface area contributed by atoms with Crippen LogP contribution >= 0.6 is 0 Å². The molecule has 0 saturated carbocycles. The van der Waals surface area contributed by atoms with Crippen molar-refractivity contribution in [2.75, 3.05) is 13.2 Å². The van der Waals surface area contributed by atoms with E-state index in [1.165, 1.54) is 5.56 Å². The molecule has 0 saturated heterocycles. The van der Waals surface area contributed by atoms with Gasteiger partial charge in [-0.1, -0.05) is 38.1 Å². The lowest BCUT2D eigenvalue weighted by Crippen LogP contribution is -2.17. The predicted octanol–water partition coefficient (Wildman–Crippen LogP) is 2.02. The van der Waals surface area contributed by atoms with Gasteiger partial charge in [0.25, 0.3) is 0 Å². The van der Waals surface area contributed by atoms with Gasteiger partial charge in [0, 0.05) is 0 Å². The van der Waals surface area contributed by atoms with Gasteiger partial charge >= 0.3 is 5.97 Å². The molecule has 0 aliphatic carbocycles. The molecular weight excluding hydrogens is 232 g/mol. The number of carboxylic acid groups (broad SMARTS) is 1. The number of aliphatic hydroxyl groups is 1. The van der Waals surface area contributed by atoms with Crippen molar-refractivity contribution in [3.8, 4) is 0 Å². The topological polar surface area (TPSA) is 66.8 Å². The fourth-order valence-corrected chi connectivity index (χ4v) is 1.78. The molecule has 1 rings (SSSR count). The Morgan fingerprint density at radius 1 is 1.28 bits per heavy atom. The van der Waals surface area contributed by atoms with Crippen LogP contribution in [0.4, 0.5) is 0 Å². The lowest BCUT2D eigenvalue weighted by molar-refractivity contribution is -0.151. The molecule has 1 unspecified atom stereocenters. The number of aliphatic carboxylic acids is 1. The van der Waals surface area contributed by atoms with Crippen molar-refractivity contribution < 1.29 is 19.7 Å². The predicted molar refractivity (Wildman–Crippen MR) is 68.4 cm³/mol. The van der Waals surface area contributed by atoms with E-state index in [1.54, 1.807) is 12.1 Å². The lowest BCUT2D eigenvalue weighted by Gasteiger charge is -2.14. The fourth-order valence-electron chi connectivity index (χ4n) is 1.78. The van der Waals surface area contributed by atoms with E-state index in [1.807, 2.05) is 12.1 Å². The standard InChI is InChI=1S/C14H20O4/c1-10(2)9-11-3-5-12(6-4-11)13(14(16)17)18-8-7-15/h3-6,10,13,15H,7-9H2,1-2H3,(H,16,17). The molecule has 0 fully saturated rings. The Kier molecular flexibility index (Phi) is 5.82. The molecule has 0 aliphatic rings. The van der Waals surface area contributed by atoms with E-state index >= 15 is 0 Å². The molecule has 1 aromatic rings. The summed E-state index contributed by atoms with van der Waals surface area (Å²) in [4.78, 5) is 11.1. The highest BCUT2D eigenvalue weighted by Gasteiger charge is 2.20. The van der Waals surface area contributed by atoms with Gasteiger partial charge < -0.3 is 14.9 Å². The summed E-state index contributed by atoms with van der Waals surface area (Å²) >= 11 is 0. The summed E-state index contributed by atoms with van der Waals surface area (Å²) in [5, 5.41) is 17.7. The number of hydrogen-bond acceptors (Lipinski definition) is 3. The maximum Gasteiger partial charge on any atom is 0.337 e. The van der Waals surface area contributed by atoms with Crippen LogP contribution in [0.15, 0.2) is 24.3 Å². The second-order valence-corrected chi connectivity index (χ2v) is 4.65. The molecular formula is C14H20O4. The minimum absolute atomic E-state index is 0.0186. The fraction of sp³-hybridized carbons (Fsp3) is 0.500. The van der Waals surface area contributed by atoms with E-state index in [-0.39, 0.29) is 13.2 Å². The van der Waals surface area contributed by atoms with Crippen molar-refractivity contribution in [1.82, 2.24) is 0 Å². The second-order valence-electron chi connectivity index (χ2n) is 4.65. The molecule has 0 amide bonds. The number of carboxylic acids is 1. The third kappa shape index (κ3) is 4.47. The molecule has 2 N–H and O–H groups in total. The van der Waals surface area contributed by atoms with Gasteiger partial charge in [-0.15, -0.1) is 0 Å². The van der Waals surface area contributed by atoms with Crippen molar-refractivity contribution in [2.45, 2.75) is 26.4 Å². The highest BCUT2D eigenvalue weighted by molar-refractivity contribution is 5.74. The smallest absolute Gasteiger partial charge is 0.337 e. The van der Waals surface area contributed by atoms with Crippen LogP contribution < -0.4 is 0 Å². The van der Waals surface area contributed by atoms with Crippen molar-refractivity contribution in [3.63, 3.8) is 0 Å². The molecule has 0 aromatic heterocycles. The Hall–Kier alpha value is -1.39. The lowest BCUT2D eigenvalue weighted by atomic mass is 10.0. The van der Waals surface area contributed by atoms with E-state index in [9.17, 15) is 4.79 Å². The molecule has 0 aliphatic heterocycles. The van der Waals surface area contributed by atoms with Gasteiger partial charge in [0.15, 0.2) is 6.10 Å². The number of hydrogen-bond donors (Lipinski definition) is 2. The van der Waals surface area contributed by atoms with Gasteiger partial charge in [0.2, 0.25) is 0 Å². The molecule has 0 heterocycles. The zero-order chi connectivity index (χ0) is 13.5. The summed E-state index contributed by atoms with van der Waals surface area (Å²) in [7, 11) is 0. The van der Waals surface area contributed by atoms with Crippen molar-refractivity contribution in [2.24, 2.45) is 5.92 Å². The van der Waals surface area contributed by atoms with Crippen LogP contribution in [0.1, 0.15) is 31.1 Å². The largest absolute Gasteiger partial charge is 0.479 e. The first-order chi connectivity index (χ1) is 8.54. The highest BCUT2D eigenvalue weighted by atomic mass is 16.5. The Morgan fingerprint density at radius 2 is 1.89 bits per heavy atom. The summed E-state index contributed by atoms with van der Waals surface area (Å²) < 4.78 is 5.11. The van der Waals surface area contributed by atoms with Crippen molar-refractivity contribution in [1.29, 1.82) is 0 Å². The van der Waals surface area contributed by atoms with Crippen LogP contribution in [0, 0.1) is 5.92 Å². The number of carbonyl (C=O) groups is 1. The molecule has 18 heavy (non-hydrogen) atoms. The van der Waals surface area contributed by atoms with Crippen LogP contribution in [0.5, 0.6) is 0 Å². The Labute approximate surface area is 107 Å². The monoisotopic (exact) mass is 252 g/mol. The van der Waals surface area contributed by atoms with Crippen LogP contribution in [0.25, 0.3) is 0 Å². The molecule has 1 atom stereocenters. The summed E-state index contributed by atoms with van der Waals surface area (Å²) in [6, 6.07) is 7.39. The molecule has 0 spiro atoms. The quantitative estimate of drug-likeness (QED) is 0.779. The number of ether oxygens (including phenoxy) is 1. The van der Waals surface area contributed by atoms with Crippen molar-refractivity contribution in [3.05, 3.63) is 35.4 Å². The number of rotatable bonds is 7. The van der Waals surface area contributed by atoms with Gasteiger partial charge in [-0.05, 0) is 23.5 Å². The van der Waals surface area contributed by atoms with E-state index in [0.717, 1.165) is 6.42 Å². The summed E-state index contributed by atoms with van der Waals surface area (Å²) in [6.45, 7) is 4.11. The summed E-state index contributed by atoms with van der Waals surface area (Å²) in [5.74, 6) is -0.475. The Balaban J connectivity index is 2.77. The first-order valence-corrected chi connectivity index (χ1v) is 6.08. The maximum atomic E-state index is 11.1. The molecule has 0 radical (unpaired) electrons. The average molecular weight is 252 g/mol. The molecule has 0 bridgehead atoms. The number of aliphatic hydroxyl groups excluding tert-OH is 1. The third-order valence-corrected chi connectivity index (χ3v) is 2.53. The Bertz CT molecular complexity index is 370. The van der Waals surface area contributed by atoms with Crippen LogP contribution in [0.2, 0.25) is 0 Å². The summed E-state index contributed by atoms with van der Waals surface area (Å²) in [5.41, 5.74) is 1.78.